The Labute approximate surface area is 183 Å². The van der Waals surface area contributed by atoms with Gasteiger partial charge in [0.1, 0.15) is 0 Å². The van der Waals surface area contributed by atoms with Crippen LogP contribution in [0.4, 0.5) is 0 Å². The fourth-order valence-electron chi connectivity index (χ4n) is 4.80. The summed E-state index contributed by atoms with van der Waals surface area (Å²) in [7, 11) is 0. The lowest BCUT2D eigenvalue weighted by Gasteiger charge is -2.20. The van der Waals surface area contributed by atoms with Crippen LogP contribution < -0.4 is 5.32 Å². The monoisotopic (exact) mass is 415 g/mol. The average Bonchev–Trinajstić information content (AvgIpc) is 3.16. The van der Waals surface area contributed by atoms with Gasteiger partial charge in [-0.3, -0.25) is 4.79 Å². The molecular weight excluding hydrogens is 374 g/mol. The number of hydrogen-bond acceptors (Lipinski definition) is 3. The van der Waals surface area contributed by atoms with Crippen molar-refractivity contribution in [1.29, 1.82) is 0 Å². The summed E-state index contributed by atoms with van der Waals surface area (Å²) >= 11 is 0. The molecule has 0 saturated heterocycles. The van der Waals surface area contributed by atoms with Crippen LogP contribution in [0.25, 0.3) is 0 Å². The minimum atomic E-state index is -0.521. The van der Waals surface area contributed by atoms with E-state index in [1.165, 1.54) is 5.57 Å². The van der Waals surface area contributed by atoms with Crippen molar-refractivity contribution in [2.75, 3.05) is 0 Å². The first-order chi connectivity index (χ1) is 14.1. The van der Waals surface area contributed by atoms with Crippen LogP contribution in [0.5, 0.6) is 0 Å². The van der Waals surface area contributed by atoms with Gasteiger partial charge in [-0.25, -0.2) is 0 Å². The number of carbonyl (C=O) groups is 1. The van der Waals surface area contributed by atoms with Gasteiger partial charge < -0.3 is 15.5 Å². The Morgan fingerprint density at radius 3 is 2.73 bits per heavy atom. The highest BCUT2D eigenvalue weighted by Gasteiger charge is 2.44. The molecule has 4 heteroatoms. The number of carbonyl (C=O) groups excluding carboxylic acids is 1. The van der Waals surface area contributed by atoms with E-state index in [1.807, 2.05) is 40.7 Å². The summed E-state index contributed by atoms with van der Waals surface area (Å²) in [5, 5.41) is 23.9. The first kappa shape index (κ1) is 24.7. The van der Waals surface area contributed by atoms with Crippen LogP contribution in [-0.2, 0) is 4.79 Å². The van der Waals surface area contributed by atoms with Gasteiger partial charge in [0.2, 0.25) is 5.91 Å². The second-order valence-electron chi connectivity index (χ2n) is 10.2. The van der Waals surface area contributed by atoms with E-state index in [0.717, 1.165) is 32.1 Å². The van der Waals surface area contributed by atoms with Crippen molar-refractivity contribution in [3.63, 3.8) is 0 Å². The van der Waals surface area contributed by atoms with E-state index in [1.54, 1.807) is 0 Å². The molecule has 3 N–H and O–H groups in total. The minimum Gasteiger partial charge on any atom is -0.392 e. The molecule has 168 valence electrons. The maximum Gasteiger partial charge on any atom is 0.220 e. The first-order valence-electron chi connectivity index (χ1n) is 11.5. The van der Waals surface area contributed by atoms with Crippen LogP contribution in [-0.4, -0.2) is 33.9 Å². The van der Waals surface area contributed by atoms with Crippen molar-refractivity contribution >= 4 is 5.91 Å². The topological polar surface area (TPSA) is 69.6 Å². The second kappa shape index (κ2) is 11.2. The highest BCUT2D eigenvalue weighted by Crippen LogP contribution is 2.50. The number of fused-ring (bicyclic) bond motifs is 1. The van der Waals surface area contributed by atoms with Crippen LogP contribution in [0, 0.1) is 35.5 Å². The van der Waals surface area contributed by atoms with Gasteiger partial charge in [0.25, 0.3) is 0 Å². The summed E-state index contributed by atoms with van der Waals surface area (Å²) < 4.78 is 0. The van der Waals surface area contributed by atoms with Crippen molar-refractivity contribution in [1.82, 2.24) is 5.32 Å². The molecule has 2 rings (SSSR count). The van der Waals surface area contributed by atoms with Crippen LogP contribution in [0.15, 0.2) is 23.8 Å². The van der Waals surface area contributed by atoms with Crippen molar-refractivity contribution in [2.45, 2.75) is 97.3 Å². The molecule has 0 aromatic heterocycles. The van der Waals surface area contributed by atoms with Crippen molar-refractivity contribution in [2.24, 2.45) is 23.7 Å². The lowest BCUT2D eigenvalue weighted by atomic mass is 9.89. The molecule has 4 nitrogen and oxygen atoms in total. The van der Waals surface area contributed by atoms with E-state index in [0.29, 0.717) is 24.7 Å². The molecule has 0 bridgehead atoms. The maximum absolute atomic E-state index is 11.9. The van der Waals surface area contributed by atoms with E-state index in [4.69, 9.17) is 0 Å². The Kier molecular flexibility index (Phi) is 9.19. The molecule has 0 aromatic carbocycles. The number of unbranched alkanes of at least 4 members (excludes halogenated alkanes) is 1. The molecule has 0 aliphatic heterocycles. The molecule has 2 saturated carbocycles. The number of rotatable bonds is 8. The zero-order valence-electron chi connectivity index (χ0n) is 19.4. The quantitative estimate of drug-likeness (QED) is 0.313. The Morgan fingerprint density at radius 1 is 1.33 bits per heavy atom. The van der Waals surface area contributed by atoms with Crippen LogP contribution in [0.2, 0.25) is 0 Å². The number of hydrogen-bond donors (Lipinski definition) is 3. The average molecular weight is 416 g/mol. The Bertz CT molecular complexity index is 691. The second-order valence-corrected chi connectivity index (χ2v) is 10.2. The molecule has 0 heterocycles. The van der Waals surface area contributed by atoms with Crippen molar-refractivity contribution < 1.29 is 15.0 Å². The standard InChI is InChI=1S/C26H41NO3/c1-6-7-10-18(2)23(28)14-13-21-22-16-19(15-20(22)17-24(21)29)11-8-9-12-25(30)27-26(3,4)5/h11,13-14,18,20-24,28-29H,8-10,12,15-17H2,1-5H3,(H,27,30)/b14-13+,19-11+/t18-,20-,21+,22-,23+,24+/m0/s1. The number of aliphatic hydroxyl groups excluding tert-OH is 2. The zero-order valence-corrected chi connectivity index (χ0v) is 19.4. The fraction of sp³-hybridized carbons (Fsp3) is 0.731. The number of amides is 1. The smallest absolute Gasteiger partial charge is 0.220 e. The predicted molar refractivity (Wildman–Crippen MR) is 123 cm³/mol. The molecule has 1 amide bonds. The molecule has 0 spiro atoms. The highest BCUT2D eigenvalue weighted by atomic mass is 16.3. The van der Waals surface area contributed by atoms with E-state index < -0.39 is 6.10 Å². The SMILES string of the molecule is CC#CC[C@H](C)[C@H](O)/C=C/[C@@H]1[C@H]2C/C(=C/CCCC(=O)NC(C)(C)C)C[C@H]2C[C@H]1O. The van der Waals surface area contributed by atoms with Gasteiger partial charge in [0, 0.05) is 24.3 Å². The summed E-state index contributed by atoms with van der Waals surface area (Å²) in [4.78, 5) is 11.9. The lowest BCUT2D eigenvalue weighted by Crippen LogP contribution is -2.40. The lowest BCUT2D eigenvalue weighted by molar-refractivity contribution is -0.122. The predicted octanol–water partition coefficient (Wildman–Crippen LogP) is 4.37. The van der Waals surface area contributed by atoms with Gasteiger partial charge in [0.05, 0.1) is 12.2 Å². The Hall–Kier alpha value is -1.57. The third kappa shape index (κ3) is 7.60. The summed E-state index contributed by atoms with van der Waals surface area (Å²) in [6, 6.07) is 0. The molecule has 30 heavy (non-hydrogen) atoms. The highest BCUT2D eigenvalue weighted by molar-refractivity contribution is 5.76. The Morgan fingerprint density at radius 2 is 2.07 bits per heavy atom. The van der Waals surface area contributed by atoms with Crippen molar-refractivity contribution in [3.8, 4) is 11.8 Å². The van der Waals surface area contributed by atoms with Gasteiger partial charge in [-0.15, -0.1) is 11.8 Å². The summed E-state index contributed by atoms with van der Waals surface area (Å²) in [6.07, 6.45) is 11.4. The number of allylic oxidation sites excluding steroid dienone is 2. The minimum absolute atomic E-state index is 0.0950. The molecule has 6 atom stereocenters. The van der Waals surface area contributed by atoms with E-state index >= 15 is 0 Å². The first-order valence-corrected chi connectivity index (χ1v) is 11.5. The maximum atomic E-state index is 11.9. The molecule has 2 aliphatic carbocycles. The largest absolute Gasteiger partial charge is 0.392 e. The number of aliphatic hydroxyl groups is 2. The van der Waals surface area contributed by atoms with Gasteiger partial charge in [-0.2, -0.15) is 0 Å². The van der Waals surface area contributed by atoms with Crippen LogP contribution in [0.3, 0.4) is 0 Å². The van der Waals surface area contributed by atoms with E-state index in [2.05, 4.69) is 29.3 Å². The number of nitrogens with one attached hydrogen (secondary N) is 1. The third-order valence-electron chi connectivity index (χ3n) is 6.38. The normalized spacial score (nSPS) is 29.5. The molecule has 0 unspecified atom stereocenters. The van der Waals surface area contributed by atoms with Crippen LogP contribution >= 0.6 is 0 Å². The molecular formula is C26H41NO3. The molecule has 0 aromatic rings. The van der Waals surface area contributed by atoms with Gasteiger partial charge in [-0.1, -0.05) is 30.7 Å². The van der Waals surface area contributed by atoms with Crippen molar-refractivity contribution in [3.05, 3.63) is 23.8 Å². The molecule has 2 fully saturated rings. The fourth-order valence-corrected chi connectivity index (χ4v) is 4.80. The van der Waals surface area contributed by atoms with Gasteiger partial charge in [0.15, 0.2) is 0 Å². The molecule has 0 radical (unpaired) electrons. The summed E-state index contributed by atoms with van der Waals surface area (Å²) in [5.74, 6) is 7.23. The summed E-state index contributed by atoms with van der Waals surface area (Å²) in [5.41, 5.74) is 1.30. The van der Waals surface area contributed by atoms with Gasteiger partial charge >= 0.3 is 0 Å². The molecule has 2 aliphatic rings. The zero-order chi connectivity index (χ0) is 22.3. The van der Waals surface area contributed by atoms with E-state index in [9.17, 15) is 15.0 Å². The summed E-state index contributed by atoms with van der Waals surface area (Å²) in [6.45, 7) is 9.83. The Balaban J connectivity index is 1.83. The van der Waals surface area contributed by atoms with Gasteiger partial charge in [-0.05, 0) is 77.6 Å². The van der Waals surface area contributed by atoms with E-state index in [-0.39, 0.29) is 29.4 Å². The third-order valence-corrected chi connectivity index (χ3v) is 6.38. The van der Waals surface area contributed by atoms with Crippen LogP contribution in [0.1, 0.15) is 79.6 Å².